The molecule has 1 fully saturated rings. The summed E-state index contributed by atoms with van der Waals surface area (Å²) < 4.78 is 5.17. The molecule has 1 aliphatic rings. The topological polar surface area (TPSA) is 38.3 Å². The van der Waals surface area contributed by atoms with Crippen LogP contribution >= 0.6 is 0 Å². The van der Waals surface area contributed by atoms with E-state index >= 15 is 0 Å². The number of rotatable bonds is 2. The summed E-state index contributed by atoms with van der Waals surface area (Å²) in [4.78, 5) is 11.0. The van der Waals surface area contributed by atoms with Crippen LogP contribution in [0.5, 0.6) is 0 Å². The van der Waals surface area contributed by atoms with Crippen molar-refractivity contribution in [3.8, 4) is 0 Å². The second kappa shape index (κ2) is 2.64. The number of nitrogens with one attached hydrogen (secondary N) is 1. The fourth-order valence-electron chi connectivity index (χ4n) is 1.61. The van der Waals surface area contributed by atoms with Crippen molar-refractivity contribution in [2.45, 2.75) is 51.7 Å². The minimum Gasteiger partial charge on any atom is -0.441 e. The monoisotopic (exact) mass is 171 g/mol. The van der Waals surface area contributed by atoms with E-state index in [0.29, 0.717) is 0 Å². The molecule has 1 heterocycles. The van der Waals surface area contributed by atoms with Gasteiger partial charge in [-0.05, 0) is 27.2 Å². The Balaban J connectivity index is 2.82. The van der Waals surface area contributed by atoms with Gasteiger partial charge in [-0.3, -0.25) is 0 Å². The molecule has 1 N–H and O–H groups in total. The van der Waals surface area contributed by atoms with Crippen LogP contribution in [0.15, 0.2) is 0 Å². The highest BCUT2D eigenvalue weighted by atomic mass is 16.6. The first kappa shape index (κ1) is 9.36. The molecule has 12 heavy (non-hydrogen) atoms. The van der Waals surface area contributed by atoms with Gasteiger partial charge in [0.2, 0.25) is 0 Å². The Morgan fingerprint density at radius 1 is 1.42 bits per heavy atom. The SMILES string of the molecule is CCCC1(C)NC(=O)OC1(C)C. The van der Waals surface area contributed by atoms with Crippen LogP contribution in [-0.4, -0.2) is 17.2 Å². The zero-order valence-electron chi connectivity index (χ0n) is 8.23. The third kappa shape index (κ3) is 1.28. The van der Waals surface area contributed by atoms with Crippen LogP contribution in [0, 0.1) is 0 Å². The Morgan fingerprint density at radius 2 is 2.00 bits per heavy atom. The lowest BCUT2D eigenvalue weighted by Crippen LogP contribution is -2.51. The molecule has 0 aromatic heterocycles. The molecule has 0 spiro atoms. The van der Waals surface area contributed by atoms with E-state index < -0.39 is 0 Å². The maximum absolute atomic E-state index is 11.0. The number of amides is 1. The summed E-state index contributed by atoms with van der Waals surface area (Å²) in [5.74, 6) is 0. The van der Waals surface area contributed by atoms with E-state index in [1.807, 2.05) is 20.8 Å². The van der Waals surface area contributed by atoms with Crippen molar-refractivity contribution >= 4 is 6.09 Å². The quantitative estimate of drug-likeness (QED) is 0.690. The van der Waals surface area contributed by atoms with Gasteiger partial charge in [0, 0.05) is 0 Å². The van der Waals surface area contributed by atoms with Crippen molar-refractivity contribution in [3.05, 3.63) is 0 Å². The lowest BCUT2D eigenvalue weighted by Gasteiger charge is -2.34. The van der Waals surface area contributed by atoms with E-state index in [1.54, 1.807) is 0 Å². The number of ether oxygens (including phenoxy) is 1. The van der Waals surface area contributed by atoms with Crippen LogP contribution in [-0.2, 0) is 4.74 Å². The van der Waals surface area contributed by atoms with Gasteiger partial charge in [0.1, 0.15) is 5.60 Å². The second-order valence-corrected chi connectivity index (χ2v) is 4.11. The van der Waals surface area contributed by atoms with E-state index in [9.17, 15) is 4.79 Å². The summed E-state index contributed by atoms with van der Waals surface area (Å²) in [6.07, 6.45) is 1.70. The predicted octanol–water partition coefficient (Wildman–Crippen LogP) is 2.06. The molecule has 1 unspecified atom stereocenters. The van der Waals surface area contributed by atoms with Crippen molar-refractivity contribution in [2.75, 3.05) is 0 Å². The first-order valence-corrected chi connectivity index (χ1v) is 4.42. The summed E-state index contributed by atoms with van der Waals surface area (Å²) in [5.41, 5.74) is -0.598. The normalized spacial score (nSPS) is 32.8. The third-order valence-electron chi connectivity index (χ3n) is 2.80. The van der Waals surface area contributed by atoms with Crippen molar-refractivity contribution in [1.82, 2.24) is 5.32 Å². The van der Waals surface area contributed by atoms with Crippen molar-refractivity contribution in [2.24, 2.45) is 0 Å². The van der Waals surface area contributed by atoms with Crippen LogP contribution < -0.4 is 5.32 Å². The predicted molar refractivity (Wildman–Crippen MR) is 47.0 cm³/mol. The summed E-state index contributed by atoms with van der Waals surface area (Å²) in [6.45, 7) is 8.02. The number of carbonyl (C=O) groups is 1. The first-order valence-electron chi connectivity index (χ1n) is 4.42. The van der Waals surface area contributed by atoms with Gasteiger partial charge in [0.05, 0.1) is 5.54 Å². The van der Waals surface area contributed by atoms with Crippen LogP contribution in [0.25, 0.3) is 0 Å². The zero-order valence-corrected chi connectivity index (χ0v) is 8.23. The molecule has 0 saturated carbocycles. The fraction of sp³-hybridized carbons (Fsp3) is 0.889. The Morgan fingerprint density at radius 3 is 2.33 bits per heavy atom. The van der Waals surface area contributed by atoms with Crippen LogP contribution in [0.1, 0.15) is 40.5 Å². The van der Waals surface area contributed by atoms with E-state index in [4.69, 9.17) is 4.74 Å². The van der Waals surface area contributed by atoms with Gasteiger partial charge in [0.25, 0.3) is 0 Å². The maximum Gasteiger partial charge on any atom is 0.408 e. The van der Waals surface area contributed by atoms with Gasteiger partial charge in [-0.25, -0.2) is 4.79 Å². The van der Waals surface area contributed by atoms with Crippen molar-refractivity contribution < 1.29 is 9.53 Å². The number of hydrogen-bond acceptors (Lipinski definition) is 2. The summed E-state index contributed by atoms with van der Waals surface area (Å²) in [7, 11) is 0. The van der Waals surface area contributed by atoms with E-state index in [1.165, 1.54) is 0 Å². The first-order chi connectivity index (χ1) is 5.41. The molecule has 1 atom stereocenters. The van der Waals surface area contributed by atoms with Crippen LogP contribution in [0.4, 0.5) is 4.79 Å². The van der Waals surface area contributed by atoms with Gasteiger partial charge in [0.15, 0.2) is 0 Å². The van der Waals surface area contributed by atoms with Gasteiger partial charge >= 0.3 is 6.09 Å². The van der Waals surface area contributed by atoms with Gasteiger partial charge in [-0.2, -0.15) is 0 Å². The number of alkyl carbamates (subject to hydrolysis) is 1. The van der Waals surface area contributed by atoms with E-state index in [2.05, 4.69) is 12.2 Å². The van der Waals surface area contributed by atoms with E-state index in [0.717, 1.165) is 12.8 Å². The second-order valence-electron chi connectivity index (χ2n) is 4.11. The number of cyclic esters (lactones) is 1. The van der Waals surface area contributed by atoms with Gasteiger partial charge < -0.3 is 10.1 Å². The fourth-order valence-corrected chi connectivity index (χ4v) is 1.61. The molecule has 3 heteroatoms. The molecule has 0 bridgehead atoms. The Labute approximate surface area is 73.5 Å². The third-order valence-corrected chi connectivity index (χ3v) is 2.80. The zero-order chi connectivity index (χ0) is 9.41. The van der Waals surface area contributed by atoms with Gasteiger partial charge in [-0.15, -0.1) is 0 Å². The highest BCUT2D eigenvalue weighted by Gasteiger charge is 2.50. The molecule has 3 nitrogen and oxygen atoms in total. The standard InChI is InChI=1S/C9H17NO2/c1-5-6-9(4)8(2,3)12-7(11)10-9/h5-6H2,1-4H3,(H,10,11). The summed E-state index contributed by atoms with van der Waals surface area (Å²) in [6, 6.07) is 0. The molecule has 0 aromatic carbocycles. The summed E-state index contributed by atoms with van der Waals surface area (Å²) in [5, 5.41) is 2.86. The molecule has 0 aliphatic carbocycles. The number of carbonyl (C=O) groups excluding carboxylic acids is 1. The average Bonchev–Trinajstić information content (AvgIpc) is 2.02. The molecule has 0 aromatic rings. The molecule has 1 rings (SSSR count). The Kier molecular flexibility index (Phi) is 2.06. The lowest BCUT2D eigenvalue weighted by atomic mass is 9.81. The largest absolute Gasteiger partial charge is 0.441 e. The molecular weight excluding hydrogens is 154 g/mol. The van der Waals surface area contributed by atoms with Crippen molar-refractivity contribution in [1.29, 1.82) is 0 Å². The molecule has 1 amide bonds. The Hall–Kier alpha value is -0.730. The highest BCUT2D eigenvalue weighted by Crippen LogP contribution is 2.34. The van der Waals surface area contributed by atoms with Crippen LogP contribution in [0.2, 0.25) is 0 Å². The average molecular weight is 171 g/mol. The molecular formula is C9H17NO2. The lowest BCUT2D eigenvalue weighted by molar-refractivity contribution is 0.0348. The smallest absolute Gasteiger partial charge is 0.408 e. The van der Waals surface area contributed by atoms with Crippen molar-refractivity contribution in [3.63, 3.8) is 0 Å². The molecule has 1 saturated heterocycles. The molecule has 1 aliphatic heterocycles. The van der Waals surface area contributed by atoms with Crippen LogP contribution in [0.3, 0.4) is 0 Å². The van der Waals surface area contributed by atoms with E-state index in [-0.39, 0.29) is 17.2 Å². The minimum atomic E-state index is -0.389. The number of hydrogen-bond donors (Lipinski definition) is 1. The van der Waals surface area contributed by atoms with Gasteiger partial charge in [-0.1, -0.05) is 13.3 Å². The molecule has 70 valence electrons. The maximum atomic E-state index is 11.0. The minimum absolute atomic E-state index is 0.209. The Bertz CT molecular complexity index is 201. The summed E-state index contributed by atoms with van der Waals surface area (Å²) >= 11 is 0. The highest BCUT2D eigenvalue weighted by molar-refractivity contribution is 5.72. The molecule has 0 radical (unpaired) electrons.